The van der Waals surface area contributed by atoms with Crippen LogP contribution in [0.15, 0.2) is 11.1 Å². The van der Waals surface area contributed by atoms with Crippen molar-refractivity contribution in [3.8, 4) is 0 Å². The molecule has 3 aliphatic rings. The van der Waals surface area contributed by atoms with Gasteiger partial charge in [0.25, 0.3) is 0 Å². The molecule has 3 aliphatic carbocycles. The van der Waals surface area contributed by atoms with Crippen LogP contribution in [-0.4, -0.2) is 11.2 Å². The van der Waals surface area contributed by atoms with Crippen molar-refractivity contribution in [2.24, 2.45) is 35.0 Å². The number of hydrogen-bond donors (Lipinski definition) is 1. The molecule has 0 aliphatic heterocycles. The van der Waals surface area contributed by atoms with Crippen LogP contribution >= 0.6 is 0 Å². The van der Waals surface area contributed by atoms with Gasteiger partial charge >= 0.3 is 0 Å². The summed E-state index contributed by atoms with van der Waals surface area (Å²) in [5.74, 6) is 3.86. The van der Waals surface area contributed by atoms with Gasteiger partial charge in [0.05, 0.1) is 6.10 Å². The predicted molar refractivity (Wildman–Crippen MR) is 89.0 cm³/mol. The summed E-state index contributed by atoms with van der Waals surface area (Å²) in [6.07, 6.45) is 7.53. The molecule has 0 spiro atoms. The number of allylic oxidation sites excluding steroid dienone is 1. The molecule has 0 amide bonds. The average molecular weight is 290 g/mol. The second kappa shape index (κ2) is 5.41. The van der Waals surface area contributed by atoms with Gasteiger partial charge in [-0.1, -0.05) is 33.3 Å². The molecule has 1 heteroatoms. The van der Waals surface area contributed by atoms with Crippen LogP contribution in [0.4, 0.5) is 0 Å². The molecule has 1 N–H and O–H groups in total. The zero-order chi connectivity index (χ0) is 15.4. The van der Waals surface area contributed by atoms with E-state index in [9.17, 15) is 5.11 Å². The van der Waals surface area contributed by atoms with Gasteiger partial charge in [-0.3, -0.25) is 0 Å². The summed E-state index contributed by atoms with van der Waals surface area (Å²) in [7, 11) is 0. The smallest absolute Gasteiger partial charge is 0.0753 e. The zero-order valence-electron chi connectivity index (χ0n) is 14.7. The molecule has 0 saturated heterocycles. The minimum Gasteiger partial charge on any atom is -0.389 e. The molecule has 0 aromatic carbocycles. The van der Waals surface area contributed by atoms with Crippen molar-refractivity contribution in [1.82, 2.24) is 0 Å². The van der Waals surface area contributed by atoms with E-state index in [4.69, 9.17) is 0 Å². The van der Waals surface area contributed by atoms with E-state index in [1.165, 1.54) is 37.7 Å². The first-order chi connectivity index (χ1) is 9.83. The Morgan fingerprint density at radius 1 is 1.24 bits per heavy atom. The van der Waals surface area contributed by atoms with Gasteiger partial charge in [0.1, 0.15) is 0 Å². The summed E-state index contributed by atoms with van der Waals surface area (Å²) >= 11 is 0. The Kier molecular flexibility index (Phi) is 4.01. The van der Waals surface area contributed by atoms with E-state index in [0.717, 1.165) is 36.0 Å². The van der Waals surface area contributed by atoms with Crippen LogP contribution in [0.3, 0.4) is 0 Å². The maximum absolute atomic E-state index is 10.8. The molecule has 5 unspecified atom stereocenters. The summed E-state index contributed by atoms with van der Waals surface area (Å²) in [6.45, 7) is 12.0. The highest BCUT2D eigenvalue weighted by Crippen LogP contribution is 2.59. The SMILES string of the molecule is CC1=C2CCC(C)C2CC2(C)CC[C@H](C(C)C)C2CC1O. The molecule has 0 heterocycles. The van der Waals surface area contributed by atoms with E-state index in [1.54, 1.807) is 5.57 Å². The summed E-state index contributed by atoms with van der Waals surface area (Å²) in [5, 5.41) is 10.8. The Bertz CT molecular complexity index is 435. The molecule has 3 rings (SSSR count). The summed E-state index contributed by atoms with van der Waals surface area (Å²) in [4.78, 5) is 0. The van der Waals surface area contributed by atoms with Crippen molar-refractivity contribution in [1.29, 1.82) is 0 Å². The number of fused-ring (bicyclic) bond motifs is 2. The molecule has 2 saturated carbocycles. The van der Waals surface area contributed by atoms with Gasteiger partial charge in [-0.05, 0) is 86.0 Å². The second-order valence-electron chi connectivity index (χ2n) is 8.99. The molecule has 0 bridgehead atoms. The Morgan fingerprint density at radius 2 is 1.95 bits per heavy atom. The van der Waals surface area contributed by atoms with Crippen molar-refractivity contribution in [2.45, 2.75) is 79.2 Å². The average Bonchev–Trinajstić information content (AvgIpc) is 2.91. The molecule has 21 heavy (non-hydrogen) atoms. The van der Waals surface area contributed by atoms with Crippen molar-refractivity contribution in [3.05, 3.63) is 11.1 Å². The fourth-order valence-electron chi connectivity index (χ4n) is 5.97. The highest BCUT2D eigenvalue weighted by molar-refractivity contribution is 5.25. The van der Waals surface area contributed by atoms with Crippen LogP contribution in [0.2, 0.25) is 0 Å². The summed E-state index contributed by atoms with van der Waals surface area (Å²) in [6, 6.07) is 0. The quantitative estimate of drug-likeness (QED) is 0.659. The Balaban J connectivity index is 1.97. The fraction of sp³-hybridized carbons (Fsp3) is 0.900. The molecule has 2 fully saturated rings. The third-order valence-electron chi connectivity index (χ3n) is 7.49. The standard InChI is InChI=1S/C20H34O/c1-12(2)15-8-9-20(5)11-17-13(3)6-7-16(17)14(4)19(21)10-18(15)20/h12-13,15,17-19,21H,6-11H2,1-5H3/t13?,15-,17?,18?,19?,20?/m1/s1. The Morgan fingerprint density at radius 3 is 2.62 bits per heavy atom. The molecular formula is C20H34O. The third kappa shape index (κ3) is 2.50. The molecule has 0 aromatic heterocycles. The van der Waals surface area contributed by atoms with Gasteiger partial charge in [0.15, 0.2) is 0 Å². The lowest BCUT2D eigenvalue weighted by atomic mass is 9.64. The highest BCUT2D eigenvalue weighted by Gasteiger charge is 2.50. The first kappa shape index (κ1) is 15.6. The molecule has 120 valence electrons. The van der Waals surface area contributed by atoms with Crippen molar-refractivity contribution < 1.29 is 5.11 Å². The topological polar surface area (TPSA) is 20.2 Å². The van der Waals surface area contributed by atoms with Gasteiger partial charge < -0.3 is 5.11 Å². The van der Waals surface area contributed by atoms with Crippen molar-refractivity contribution in [3.63, 3.8) is 0 Å². The van der Waals surface area contributed by atoms with E-state index < -0.39 is 0 Å². The van der Waals surface area contributed by atoms with Crippen LogP contribution < -0.4 is 0 Å². The van der Waals surface area contributed by atoms with Gasteiger partial charge in [0.2, 0.25) is 0 Å². The number of hydrogen-bond acceptors (Lipinski definition) is 1. The first-order valence-corrected chi connectivity index (χ1v) is 9.21. The minimum absolute atomic E-state index is 0.184. The monoisotopic (exact) mass is 290 g/mol. The predicted octanol–water partition coefficient (Wildman–Crippen LogP) is 5.19. The lowest BCUT2D eigenvalue weighted by molar-refractivity contribution is 0.0655. The Labute approximate surface area is 131 Å². The highest BCUT2D eigenvalue weighted by atomic mass is 16.3. The number of aliphatic hydroxyl groups excluding tert-OH is 1. The van der Waals surface area contributed by atoms with Gasteiger partial charge in [0, 0.05) is 0 Å². The zero-order valence-corrected chi connectivity index (χ0v) is 14.7. The van der Waals surface area contributed by atoms with Crippen LogP contribution in [0.25, 0.3) is 0 Å². The summed E-state index contributed by atoms with van der Waals surface area (Å²) < 4.78 is 0. The summed E-state index contributed by atoms with van der Waals surface area (Å²) in [5.41, 5.74) is 3.42. The van der Waals surface area contributed by atoms with E-state index in [-0.39, 0.29) is 6.10 Å². The Hall–Kier alpha value is -0.300. The van der Waals surface area contributed by atoms with E-state index >= 15 is 0 Å². The van der Waals surface area contributed by atoms with Crippen LogP contribution in [0, 0.1) is 35.0 Å². The third-order valence-corrected chi connectivity index (χ3v) is 7.49. The van der Waals surface area contributed by atoms with Crippen LogP contribution in [0.1, 0.15) is 73.1 Å². The molecule has 1 nitrogen and oxygen atoms in total. The minimum atomic E-state index is -0.184. The molecule has 6 atom stereocenters. The maximum Gasteiger partial charge on any atom is 0.0753 e. The van der Waals surface area contributed by atoms with Crippen molar-refractivity contribution in [2.75, 3.05) is 0 Å². The van der Waals surface area contributed by atoms with Crippen LogP contribution in [-0.2, 0) is 0 Å². The van der Waals surface area contributed by atoms with E-state index in [1.807, 2.05) is 0 Å². The maximum atomic E-state index is 10.8. The first-order valence-electron chi connectivity index (χ1n) is 9.21. The number of rotatable bonds is 1. The van der Waals surface area contributed by atoms with Crippen LogP contribution in [0.5, 0.6) is 0 Å². The molecular weight excluding hydrogens is 256 g/mol. The number of aliphatic hydroxyl groups is 1. The van der Waals surface area contributed by atoms with E-state index in [2.05, 4.69) is 34.6 Å². The van der Waals surface area contributed by atoms with Gasteiger partial charge in [-0.2, -0.15) is 0 Å². The molecule has 0 aromatic rings. The lowest BCUT2D eigenvalue weighted by Crippen LogP contribution is -2.36. The lowest BCUT2D eigenvalue weighted by Gasteiger charge is -2.42. The fourth-order valence-corrected chi connectivity index (χ4v) is 5.97. The van der Waals surface area contributed by atoms with Gasteiger partial charge in [-0.15, -0.1) is 0 Å². The van der Waals surface area contributed by atoms with E-state index in [0.29, 0.717) is 5.41 Å². The molecule has 0 radical (unpaired) electrons. The van der Waals surface area contributed by atoms with Gasteiger partial charge in [-0.25, -0.2) is 0 Å². The normalized spacial score (nSPS) is 47.3. The largest absolute Gasteiger partial charge is 0.389 e. The second-order valence-corrected chi connectivity index (χ2v) is 8.99. The van der Waals surface area contributed by atoms with Crippen molar-refractivity contribution >= 4 is 0 Å².